The fourth-order valence-corrected chi connectivity index (χ4v) is 6.46. The van der Waals surface area contributed by atoms with E-state index in [-0.39, 0.29) is 23.9 Å². The molecule has 0 saturated carbocycles. The molecule has 2 N–H and O–H groups in total. The maximum absolute atomic E-state index is 13.4. The normalized spacial score (nSPS) is 14.6. The molecule has 1 aliphatic rings. The Balaban J connectivity index is 1.11. The van der Waals surface area contributed by atoms with Gasteiger partial charge in [-0.3, -0.25) is 19.2 Å². The molecule has 0 aromatic heterocycles. The molecule has 1 unspecified atom stereocenters. The molecule has 5 aromatic rings. The second-order valence-corrected chi connectivity index (χ2v) is 13.1. The molecule has 0 bridgehead atoms. The van der Waals surface area contributed by atoms with Crippen molar-refractivity contribution in [2.45, 2.75) is 16.6 Å². The number of azo groups is 1. The smallest absolute Gasteiger partial charge is 0.272 e. The van der Waals surface area contributed by atoms with Crippen molar-refractivity contribution in [2.75, 3.05) is 10.2 Å². The second-order valence-electron chi connectivity index (χ2n) is 11.0. The Hall–Kier alpha value is -5.55. The highest BCUT2D eigenvalue weighted by molar-refractivity contribution is 8.00. The lowest BCUT2D eigenvalue weighted by Gasteiger charge is -2.15. The van der Waals surface area contributed by atoms with E-state index in [4.69, 9.17) is 23.2 Å². The standard InChI is InChI=1S/C38H27Cl2N5O4S/c39-26-12-11-25(32(40)22-26)21-33(42-36(47)24-7-3-1-4-8-24)37(48)41-27-15-19-31(20-16-27)50-34-23-35(46)45(38(34)49)30-17-13-29(14-18-30)44-43-28-9-5-2-6-10-28/h1-22,34H,23H2,(H,41,48)(H,42,47)/b33-21-,44-43?. The number of hydrogen-bond acceptors (Lipinski definition) is 7. The number of benzene rings is 5. The van der Waals surface area contributed by atoms with Gasteiger partial charge in [-0.2, -0.15) is 10.2 Å². The van der Waals surface area contributed by atoms with Gasteiger partial charge in [0.2, 0.25) is 11.8 Å². The molecule has 4 amide bonds. The third-order valence-corrected chi connectivity index (χ3v) is 9.19. The number of amides is 4. The van der Waals surface area contributed by atoms with Crippen LogP contribution in [0.25, 0.3) is 6.08 Å². The molecule has 1 heterocycles. The number of rotatable bonds is 10. The molecule has 248 valence electrons. The molecule has 0 aliphatic carbocycles. The zero-order valence-electron chi connectivity index (χ0n) is 26.1. The monoisotopic (exact) mass is 719 g/mol. The lowest BCUT2D eigenvalue weighted by atomic mass is 10.1. The van der Waals surface area contributed by atoms with Crippen molar-refractivity contribution >= 4 is 87.4 Å². The van der Waals surface area contributed by atoms with Gasteiger partial charge in [-0.1, -0.05) is 65.7 Å². The van der Waals surface area contributed by atoms with Gasteiger partial charge in [-0.25, -0.2) is 4.90 Å². The highest BCUT2D eigenvalue weighted by atomic mass is 35.5. The minimum Gasteiger partial charge on any atom is -0.321 e. The molecule has 1 saturated heterocycles. The summed E-state index contributed by atoms with van der Waals surface area (Å²) in [5.74, 6) is -1.67. The quantitative estimate of drug-likeness (QED) is 0.0847. The Bertz CT molecular complexity index is 2110. The van der Waals surface area contributed by atoms with Gasteiger partial charge in [0.1, 0.15) is 5.70 Å². The summed E-state index contributed by atoms with van der Waals surface area (Å²) >= 11 is 13.6. The van der Waals surface area contributed by atoms with Crippen molar-refractivity contribution in [1.29, 1.82) is 0 Å². The number of nitrogens with one attached hydrogen (secondary N) is 2. The molecule has 5 aromatic carbocycles. The van der Waals surface area contributed by atoms with Crippen LogP contribution in [-0.4, -0.2) is 28.9 Å². The topological polar surface area (TPSA) is 120 Å². The van der Waals surface area contributed by atoms with Crippen LogP contribution < -0.4 is 15.5 Å². The van der Waals surface area contributed by atoms with E-state index in [1.54, 1.807) is 97.1 Å². The highest BCUT2D eigenvalue weighted by Crippen LogP contribution is 2.35. The number of carbonyl (C=O) groups is 4. The minimum absolute atomic E-state index is 0.0380. The van der Waals surface area contributed by atoms with Crippen LogP contribution >= 0.6 is 35.0 Å². The van der Waals surface area contributed by atoms with Crippen LogP contribution in [0.1, 0.15) is 22.3 Å². The first kappa shape index (κ1) is 34.3. The van der Waals surface area contributed by atoms with E-state index in [0.717, 1.165) is 4.90 Å². The number of carbonyl (C=O) groups excluding carboxylic acids is 4. The van der Waals surface area contributed by atoms with Crippen LogP contribution in [0.15, 0.2) is 148 Å². The van der Waals surface area contributed by atoms with Gasteiger partial charge in [0, 0.05) is 32.6 Å². The molecule has 9 nitrogen and oxygen atoms in total. The number of imide groups is 1. The van der Waals surface area contributed by atoms with Gasteiger partial charge < -0.3 is 10.6 Å². The first-order valence-corrected chi connectivity index (χ1v) is 16.9. The Morgan fingerprint density at radius 1 is 0.780 bits per heavy atom. The van der Waals surface area contributed by atoms with E-state index in [2.05, 4.69) is 20.9 Å². The Kier molecular flexibility index (Phi) is 10.8. The lowest BCUT2D eigenvalue weighted by molar-refractivity contribution is -0.121. The third-order valence-electron chi connectivity index (χ3n) is 7.43. The second kappa shape index (κ2) is 15.8. The Morgan fingerprint density at radius 3 is 2.08 bits per heavy atom. The Morgan fingerprint density at radius 2 is 1.42 bits per heavy atom. The number of halogens is 2. The van der Waals surface area contributed by atoms with Crippen molar-refractivity contribution in [3.63, 3.8) is 0 Å². The summed E-state index contributed by atoms with van der Waals surface area (Å²) in [4.78, 5) is 54.5. The van der Waals surface area contributed by atoms with E-state index >= 15 is 0 Å². The first-order valence-electron chi connectivity index (χ1n) is 15.3. The van der Waals surface area contributed by atoms with Crippen LogP contribution in [0.3, 0.4) is 0 Å². The Labute approximate surface area is 302 Å². The molecule has 1 aliphatic heterocycles. The van der Waals surface area contributed by atoms with E-state index in [1.165, 1.54) is 22.7 Å². The molecule has 12 heteroatoms. The molecule has 1 fully saturated rings. The van der Waals surface area contributed by atoms with E-state index in [1.807, 2.05) is 30.3 Å². The van der Waals surface area contributed by atoms with Crippen LogP contribution in [0.2, 0.25) is 10.0 Å². The molecular weight excluding hydrogens is 693 g/mol. The number of thioether (sulfide) groups is 1. The van der Waals surface area contributed by atoms with Crippen molar-refractivity contribution in [1.82, 2.24) is 5.32 Å². The van der Waals surface area contributed by atoms with E-state index in [9.17, 15) is 19.2 Å². The summed E-state index contributed by atoms with van der Waals surface area (Å²) < 4.78 is 0. The average Bonchev–Trinajstić information content (AvgIpc) is 3.41. The molecule has 0 radical (unpaired) electrons. The van der Waals surface area contributed by atoms with Crippen LogP contribution in [0, 0.1) is 0 Å². The number of anilines is 2. The van der Waals surface area contributed by atoms with Crippen molar-refractivity contribution < 1.29 is 19.2 Å². The predicted octanol–water partition coefficient (Wildman–Crippen LogP) is 9.24. The summed E-state index contributed by atoms with van der Waals surface area (Å²) in [6.45, 7) is 0. The van der Waals surface area contributed by atoms with E-state index in [0.29, 0.717) is 43.9 Å². The zero-order valence-corrected chi connectivity index (χ0v) is 28.5. The molecular formula is C38H27Cl2N5O4S. The average molecular weight is 721 g/mol. The maximum atomic E-state index is 13.4. The summed E-state index contributed by atoms with van der Waals surface area (Å²) in [6.07, 6.45) is 1.51. The van der Waals surface area contributed by atoms with Gasteiger partial charge in [-0.05, 0) is 96.6 Å². The summed E-state index contributed by atoms with van der Waals surface area (Å²) in [6, 6.07) is 36.2. The summed E-state index contributed by atoms with van der Waals surface area (Å²) in [5.41, 5.74) is 3.02. The van der Waals surface area contributed by atoms with Crippen molar-refractivity contribution in [3.05, 3.63) is 154 Å². The highest BCUT2D eigenvalue weighted by Gasteiger charge is 2.40. The van der Waals surface area contributed by atoms with Gasteiger partial charge in [0.25, 0.3) is 11.8 Å². The lowest BCUT2D eigenvalue weighted by Crippen LogP contribution is -2.31. The van der Waals surface area contributed by atoms with E-state index < -0.39 is 17.1 Å². The SMILES string of the molecule is O=C(Nc1ccc(SC2CC(=O)N(c3ccc(N=Nc4ccccc4)cc3)C2=O)cc1)/C(=C/c1ccc(Cl)cc1Cl)NC(=O)c1ccccc1. The molecule has 0 spiro atoms. The zero-order chi connectivity index (χ0) is 35.0. The van der Waals surface area contributed by atoms with Gasteiger partial charge >= 0.3 is 0 Å². The summed E-state index contributed by atoms with van der Waals surface area (Å²) in [7, 11) is 0. The van der Waals surface area contributed by atoms with Crippen molar-refractivity contribution in [2.24, 2.45) is 10.2 Å². The first-order chi connectivity index (χ1) is 24.2. The van der Waals surface area contributed by atoms with Crippen molar-refractivity contribution in [3.8, 4) is 0 Å². The fourth-order valence-electron chi connectivity index (χ4n) is 4.94. The largest absolute Gasteiger partial charge is 0.321 e. The number of nitrogens with zero attached hydrogens (tertiary/aromatic N) is 3. The van der Waals surface area contributed by atoms with Gasteiger partial charge in [0.15, 0.2) is 0 Å². The van der Waals surface area contributed by atoms with Crippen LogP contribution in [-0.2, 0) is 14.4 Å². The third kappa shape index (κ3) is 8.53. The molecule has 1 atom stereocenters. The van der Waals surface area contributed by atoms with Crippen LogP contribution in [0.4, 0.5) is 22.7 Å². The molecule has 6 rings (SSSR count). The summed E-state index contributed by atoms with van der Waals surface area (Å²) in [5, 5.41) is 14.0. The fraction of sp³-hybridized carbons (Fsp3) is 0.0526. The predicted molar refractivity (Wildman–Crippen MR) is 197 cm³/mol. The van der Waals surface area contributed by atoms with Gasteiger partial charge in [-0.15, -0.1) is 11.8 Å². The maximum Gasteiger partial charge on any atom is 0.272 e. The van der Waals surface area contributed by atoms with Gasteiger partial charge in [0.05, 0.1) is 22.3 Å². The van der Waals surface area contributed by atoms with Crippen LogP contribution in [0.5, 0.6) is 0 Å². The molecule has 50 heavy (non-hydrogen) atoms. The number of hydrogen-bond donors (Lipinski definition) is 2. The minimum atomic E-state index is -0.618.